The first-order valence-corrected chi connectivity index (χ1v) is 8.96. The van der Waals surface area contributed by atoms with E-state index in [1.807, 2.05) is 0 Å². The number of fused-ring (bicyclic) bond motifs is 3. The standard InChI is InChI=1S/C20H22BrNO/c1-4-5-11-22-17-9-6-14-13-15(21)7-8-16(14)19(17)20(2,3)18(22)10-12-23/h6-10,12-13H,4-5,11H2,1-3H3/b18-10-. The van der Waals surface area contributed by atoms with Crippen LogP contribution in [0.1, 0.15) is 39.2 Å². The number of unbranched alkanes of at least 4 members (excludes halogenated alkanes) is 1. The smallest absolute Gasteiger partial charge is 0.144 e. The van der Waals surface area contributed by atoms with Gasteiger partial charge in [0.2, 0.25) is 0 Å². The number of nitrogens with zero attached hydrogens (tertiary/aromatic N) is 1. The van der Waals surface area contributed by atoms with E-state index in [2.05, 4.69) is 71.9 Å². The van der Waals surface area contributed by atoms with Crippen LogP contribution in [0.4, 0.5) is 5.69 Å². The third-order valence-electron chi connectivity index (χ3n) is 4.77. The maximum atomic E-state index is 11.2. The van der Waals surface area contributed by atoms with Gasteiger partial charge in [-0.25, -0.2) is 0 Å². The quantitative estimate of drug-likeness (QED) is 0.516. The molecule has 2 nitrogen and oxygen atoms in total. The Morgan fingerprint density at radius 1 is 1.22 bits per heavy atom. The molecule has 0 unspecified atom stereocenters. The first kappa shape index (κ1) is 16.3. The molecule has 0 spiro atoms. The Labute approximate surface area is 146 Å². The first-order chi connectivity index (χ1) is 11.0. The Balaban J connectivity index is 2.27. The number of carbonyl (C=O) groups excluding carboxylic acids is 1. The van der Waals surface area contributed by atoms with Crippen LogP contribution in [0, 0.1) is 0 Å². The summed E-state index contributed by atoms with van der Waals surface area (Å²) < 4.78 is 1.09. The molecule has 2 aromatic rings. The topological polar surface area (TPSA) is 20.3 Å². The van der Waals surface area contributed by atoms with Gasteiger partial charge >= 0.3 is 0 Å². The number of rotatable bonds is 4. The molecule has 0 amide bonds. The van der Waals surface area contributed by atoms with Crippen molar-refractivity contribution >= 4 is 38.7 Å². The molecule has 1 heterocycles. The highest BCUT2D eigenvalue weighted by Crippen LogP contribution is 2.50. The molecule has 120 valence electrons. The number of benzene rings is 2. The van der Waals surface area contributed by atoms with Gasteiger partial charge in [-0.1, -0.05) is 55.3 Å². The molecule has 0 saturated carbocycles. The highest BCUT2D eigenvalue weighted by Gasteiger charge is 2.40. The zero-order valence-corrected chi connectivity index (χ0v) is 15.5. The minimum Gasteiger partial charge on any atom is -0.344 e. The summed E-state index contributed by atoms with van der Waals surface area (Å²) in [5, 5.41) is 2.50. The molecule has 3 heteroatoms. The number of anilines is 1. The van der Waals surface area contributed by atoms with Crippen LogP contribution in [0.3, 0.4) is 0 Å². The van der Waals surface area contributed by atoms with E-state index in [9.17, 15) is 4.79 Å². The summed E-state index contributed by atoms with van der Waals surface area (Å²) in [5.41, 5.74) is 3.50. The van der Waals surface area contributed by atoms with E-state index in [1.165, 1.54) is 22.0 Å². The van der Waals surface area contributed by atoms with Crippen molar-refractivity contribution in [2.45, 2.75) is 39.0 Å². The zero-order valence-electron chi connectivity index (χ0n) is 13.9. The number of halogens is 1. The highest BCUT2D eigenvalue weighted by molar-refractivity contribution is 9.10. The average Bonchev–Trinajstić information content (AvgIpc) is 2.73. The van der Waals surface area contributed by atoms with Gasteiger partial charge in [0.25, 0.3) is 0 Å². The molecule has 0 fully saturated rings. The van der Waals surface area contributed by atoms with Crippen LogP contribution in [0.25, 0.3) is 10.8 Å². The van der Waals surface area contributed by atoms with Gasteiger partial charge in [0.15, 0.2) is 0 Å². The van der Waals surface area contributed by atoms with Gasteiger partial charge in [-0.15, -0.1) is 0 Å². The number of hydrogen-bond donors (Lipinski definition) is 0. The predicted octanol–water partition coefficient (Wildman–Crippen LogP) is 5.58. The minimum atomic E-state index is -0.169. The maximum Gasteiger partial charge on any atom is 0.144 e. The molecule has 1 aliphatic rings. The summed E-state index contributed by atoms with van der Waals surface area (Å²) in [5.74, 6) is 0. The Kier molecular flexibility index (Phi) is 4.33. The molecular weight excluding hydrogens is 350 g/mol. The van der Waals surface area contributed by atoms with Crippen LogP contribution in [-0.2, 0) is 10.2 Å². The minimum absolute atomic E-state index is 0.169. The Bertz CT molecular complexity index is 792. The largest absolute Gasteiger partial charge is 0.344 e. The number of carbonyl (C=O) groups is 1. The SMILES string of the molecule is CCCCN1/C(=C\C=O)C(C)(C)c2c1ccc1cc(Br)ccc21. The molecule has 0 bridgehead atoms. The van der Waals surface area contributed by atoms with Gasteiger partial charge in [-0.2, -0.15) is 0 Å². The fraction of sp³-hybridized carbons (Fsp3) is 0.350. The third-order valence-corrected chi connectivity index (χ3v) is 5.26. The van der Waals surface area contributed by atoms with E-state index in [-0.39, 0.29) is 5.41 Å². The molecule has 3 rings (SSSR count). The first-order valence-electron chi connectivity index (χ1n) is 8.17. The highest BCUT2D eigenvalue weighted by atomic mass is 79.9. The fourth-order valence-corrected chi connectivity index (χ4v) is 4.06. The molecule has 0 saturated heterocycles. The molecule has 0 N–H and O–H groups in total. The summed E-state index contributed by atoms with van der Waals surface area (Å²) >= 11 is 3.56. The van der Waals surface area contributed by atoms with Gasteiger partial charge in [-0.05, 0) is 47.0 Å². The normalized spacial score (nSPS) is 17.7. The molecule has 0 aromatic heterocycles. The van der Waals surface area contributed by atoms with Crippen molar-refractivity contribution in [3.05, 3.63) is 52.1 Å². The van der Waals surface area contributed by atoms with Crippen molar-refractivity contribution < 1.29 is 4.79 Å². The summed E-state index contributed by atoms with van der Waals surface area (Å²) in [6.45, 7) is 7.58. The lowest BCUT2D eigenvalue weighted by atomic mass is 9.81. The molecule has 1 aliphatic heterocycles. The third kappa shape index (κ3) is 2.61. The second-order valence-corrected chi connectivity index (χ2v) is 7.56. The van der Waals surface area contributed by atoms with Crippen LogP contribution in [-0.4, -0.2) is 12.8 Å². The van der Waals surface area contributed by atoms with Crippen LogP contribution in [0.2, 0.25) is 0 Å². The van der Waals surface area contributed by atoms with E-state index in [4.69, 9.17) is 0 Å². The van der Waals surface area contributed by atoms with E-state index < -0.39 is 0 Å². The fourth-order valence-electron chi connectivity index (χ4n) is 3.69. The molecule has 0 radical (unpaired) electrons. The summed E-state index contributed by atoms with van der Waals surface area (Å²) in [7, 11) is 0. The van der Waals surface area contributed by atoms with Crippen LogP contribution in [0.15, 0.2) is 46.6 Å². The molecule has 0 atom stereocenters. The van der Waals surface area contributed by atoms with E-state index in [0.29, 0.717) is 0 Å². The van der Waals surface area contributed by atoms with Gasteiger partial charge < -0.3 is 4.90 Å². The Morgan fingerprint density at radius 2 is 2.00 bits per heavy atom. The monoisotopic (exact) mass is 371 g/mol. The van der Waals surface area contributed by atoms with Gasteiger partial charge in [0, 0.05) is 27.8 Å². The summed E-state index contributed by atoms with van der Waals surface area (Å²) in [6, 6.07) is 10.8. The number of hydrogen-bond acceptors (Lipinski definition) is 2. The Hall–Kier alpha value is -1.61. The number of allylic oxidation sites excluding steroid dienone is 2. The van der Waals surface area contributed by atoms with E-state index in [1.54, 1.807) is 6.08 Å². The Morgan fingerprint density at radius 3 is 2.70 bits per heavy atom. The van der Waals surface area contributed by atoms with Gasteiger partial charge in [-0.3, -0.25) is 4.79 Å². The molecular formula is C20H22BrNO. The predicted molar refractivity (Wildman–Crippen MR) is 101 cm³/mol. The molecule has 2 aromatic carbocycles. The van der Waals surface area contributed by atoms with Crippen molar-refractivity contribution in [2.24, 2.45) is 0 Å². The summed E-state index contributed by atoms with van der Waals surface area (Å²) in [4.78, 5) is 13.5. The average molecular weight is 372 g/mol. The van der Waals surface area contributed by atoms with Crippen molar-refractivity contribution in [1.82, 2.24) is 0 Å². The van der Waals surface area contributed by atoms with Crippen LogP contribution in [0.5, 0.6) is 0 Å². The van der Waals surface area contributed by atoms with Gasteiger partial charge in [0.05, 0.1) is 0 Å². The molecule has 0 aliphatic carbocycles. The zero-order chi connectivity index (χ0) is 16.6. The van der Waals surface area contributed by atoms with E-state index >= 15 is 0 Å². The molecule has 23 heavy (non-hydrogen) atoms. The second-order valence-electron chi connectivity index (χ2n) is 6.64. The number of aldehydes is 1. The lowest BCUT2D eigenvalue weighted by Crippen LogP contribution is -2.27. The van der Waals surface area contributed by atoms with E-state index in [0.717, 1.165) is 35.8 Å². The second kappa shape index (κ2) is 6.12. The maximum absolute atomic E-state index is 11.2. The summed E-state index contributed by atoms with van der Waals surface area (Å²) in [6.07, 6.45) is 4.91. The lowest BCUT2D eigenvalue weighted by Gasteiger charge is -2.26. The van der Waals surface area contributed by atoms with Crippen molar-refractivity contribution in [3.63, 3.8) is 0 Å². The van der Waals surface area contributed by atoms with Crippen LogP contribution >= 0.6 is 15.9 Å². The van der Waals surface area contributed by atoms with Gasteiger partial charge in [0.1, 0.15) is 6.29 Å². The lowest BCUT2D eigenvalue weighted by molar-refractivity contribution is -0.104. The van der Waals surface area contributed by atoms with Crippen LogP contribution < -0.4 is 4.90 Å². The van der Waals surface area contributed by atoms with Crippen molar-refractivity contribution in [1.29, 1.82) is 0 Å². The van der Waals surface area contributed by atoms with Crippen molar-refractivity contribution in [3.8, 4) is 0 Å². The van der Waals surface area contributed by atoms with Crippen molar-refractivity contribution in [2.75, 3.05) is 11.4 Å².